The van der Waals surface area contributed by atoms with Crippen LogP contribution in [-0.2, 0) is 19.6 Å². The molecule has 2 aromatic carbocycles. The summed E-state index contributed by atoms with van der Waals surface area (Å²) in [5.41, 5.74) is 0.858. The number of hydrogen-bond acceptors (Lipinski definition) is 5. The number of benzene rings is 2. The van der Waals surface area contributed by atoms with E-state index in [1.165, 1.54) is 17.4 Å². The van der Waals surface area contributed by atoms with Gasteiger partial charge >= 0.3 is 5.97 Å². The minimum absolute atomic E-state index is 0.0450. The standard InChI is InChI=1S/C21H21NO5S2/c1-13(2)20(21(23)24)22-29(25,26)15-7-9-17-16-8-6-14(5-4-10-27-3)11-18(16)28-19(17)12-15/h6-9,11-13,20,22H,10H2,1-3H3,(H,23,24)/t20-/m1/s1. The molecule has 3 rings (SSSR count). The highest BCUT2D eigenvalue weighted by atomic mass is 32.2. The van der Waals surface area contributed by atoms with E-state index in [0.29, 0.717) is 6.61 Å². The number of fused-ring (bicyclic) bond motifs is 3. The number of thiophene rings is 1. The number of carbonyl (C=O) groups is 1. The van der Waals surface area contributed by atoms with Crippen LogP contribution in [0.3, 0.4) is 0 Å². The Morgan fingerprint density at radius 1 is 1.17 bits per heavy atom. The van der Waals surface area contributed by atoms with Crippen LogP contribution < -0.4 is 4.72 Å². The predicted molar refractivity (Wildman–Crippen MR) is 115 cm³/mol. The van der Waals surface area contributed by atoms with Crippen molar-refractivity contribution in [2.75, 3.05) is 13.7 Å². The molecule has 0 bridgehead atoms. The third-order valence-corrected chi connectivity index (χ3v) is 6.97. The maximum atomic E-state index is 12.7. The van der Waals surface area contributed by atoms with Crippen molar-refractivity contribution in [3.05, 3.63) is 42.0 Å². The summed E-state index contributed by atoms with van der Waals surface area (Å²) in [7, 11) is -2.37. The number of rotatable bonds is 6. The van der Waals surface area contributed by atoms with Crippen molar-refractivity contribution in [2.24, 2.45) is 5.92 Å². The van der Waals surface area contributed by atoms with Crippen molar-refractivity contribution >= 4 is 47.5 Å². The van der Waals surface area contributed by atoms with E-state index in [0.717, 1.165) is 25.7 Å². The van der Waals surface area contributed by atoms with Gasteiger partial charge in [-0.2, -0.15) is 4.72 Å². The van der Waals surface area contributed by atoms with Gasteiger partial charge in [0.15, 0.2) is 0 Å². The first-order chi connectivity index (χ1) is 13.7. The molecule has 6 nitrogen and oxygen atoms in total. The fraction of sp³-hybridized carbons (Fsp3) is 0.286. The van der Waals surface area contributed by atoms with Crippen LogP contribution >= 0.6 is 11.3 Å². The summed E-state index contributed by atoms with van der Waals surface area (Å²) in [6.45, 7) is 3.67. The van der Waals surface area contributed by atoms with Gasteiger partial charge in [-0.15, -0.1) is 11.3 Å². The van der Waals surface area contributed by atoms with E-state index in [2.05, 4.69) is 16.6 Å². The van der Waals surface area contributed by atoms with Gasteiger partial charge in [0.2, 0.25) is 10.0 Å². The molecule has 3 aromatic rings. The van der Waals surface area contributed by atoms with Crippen molar-refractivity contribution in [3.8, 4) is 11.8 Å². The lowest BCUT2D eigenvalue weighted by Crippen LogP contribution is -2.44. The zero-order chi connectivity index (χ0) is 21.2. The molecule has 0 unspecified atom stereocenters. The molecule has 0 saturated heterocycles. The number of aliphatic carboxylic acids is 1. The number of hydrogen-bond donors (Lipinski definition) is 2. The summed E-state index contributed by atoms with van der Waals surface area (Å²) in [6, 6.07) is 9.50. The Morgan fingerprint density at radius 2 is 1.83 bits per heavy atom. The molecule has 8 heteroatoms. The molecule has 2 N–H and O–H groups in total. The first-order valence-corrected chi connectivity index (χ1v) is 11.2. The molecule has 0 fully saturated rings. The Hall–Kier alpha value is -2.44. The number of carboxylic acids is 1. The lowest BCUT2D eigenvalue weighted by Gasteiger charge is -2.18. The normalized spacial score (nSPS) is 12.8. The molecule has 29 heavy (non-hydrogen) atoms. The zero-order valence-corrected chi connectivity index (χ0v) is 17.9. The molecule has 0 spiro atoms. The minimum atomic E-state index is -3.96. The second-order valence-electron chi connectivity index (χ2n) is 6.89. The van der Waals surface area contributed by atoms with E-state index in [-0.39, 0.29) is 10.8 Å². The lowest BCUT2D eigenvalue weighted by molar-refractivity contribution is -0.140. The van der Waals surface area contributed by atoms with Crippen molar-refractivity contribution in [1.82, 2.24) is 4.72 Å². The van der Waals surface area contributed by atoms with Gasteiger partial charge in [0.1, 0.15) is 12.6 Å². The maximum absolute atomic E-state index is 12.7. The van der Waals surface area contributed by atoms with Gasteiger partial charge in [0.05, 0.1) is 4.90 Å². The summed E-state index contributed by atoms with van der Waals surface area (Å²) < 4.78 is 34.4. The Bertz CT molecular complexity index is 1230. The summed E-state index contributed by atoms with van der Waals surface area (Å²) >= 11 is 1.47. The molecule has 1 aromatic heterocycles. The molecule has 0 amide bonds. The third kappa shape index (κ3) is 4.60. The van der Waals surface area contributed by atoms with E-state index in [1.54, 1.807) is 33.1 Å². The largest absolute Gasteiger partial charge is 0.480 e. The Labute approximate surface area is 173 Å². The van der Waals surface area contributed by atoms with E-state index >= 15 is 0 Å². The molecule has 0 aliphatic heterocycles. The molecule has 1 heterocycles. The average Bonchev–Trinajstić information content (AvgIpc) is 3.03. The van der Waals surface area contributed by atoms with Gasteiger partial charge in [-0.05, 0) is 30.2 Å². The van der Waals surface area contributed by atoms with Crippen molar-refractivity contribution in [2.45, 2.75) is 24.8 Å². The van der Waals surface area contributed by atoms with Crippen LogP contribution in [-0.4, -0.2) is 39.3 Å². The molecule has 0 radical (unpaired) electrons. The molecule has 0 saturated carbocycles. The molecular formula is C21H21NO5S2. The average molecular weight is 432 g/mol. The van der Waals surface area contributed by atoms with Crippen molar-refractivity contribution < 1.29 is 23.1 Å². The first-order valence-electron chi connectivity index (χ1n) is 8.92. The maximum Gasteiger partial charge on any atom is 0.322 e. The van der Waals surface area contributed by atoms with Gasteiger partial charge in [-0.25, -0.2) is 8.42 Å². The molecular weight excluding hydrogens is 410 g/mol. The van der Waals surface area contributed by atoms with E-state index in [4.69, 9.17) is 4.74 Å². The van der Waals surface area contributed by atoms with Crippen molar-refractivity contribution in [1.29, 1.82) is 0 Å². The van der Waals surface area contributed by atoms with Gasteiger partial charge < -0.3 is 9.84 Å². The predicted octanol–water partition coefficient (Wildman–Crippen LogP) is 3.44. The number of carboxylic acid groups (broad SMARTS) is 1. The van der Waals surface area contributed by atoms with Gasteiger partial charge in [0, 0.05) is 32.8 Å². The number of ether oxygens (including phenoxy) is 1. The Balaban J connectivity index is 2.00. The highest BCUT2D eigenvalue weighted by Crippen LogP contribution is 2.35. The SMILES string of the molecule is COCC#Cc1ccc2c(c1)sc1cc(S(=O)(=O)N[C@@H](C(=O)O)C(C)C)ccc12. The fourth-order valence-corrected chi connectivity index (χ4v) is 5.54. The number of sulfonamides is 1. The van der Waals surface area contributed by atoms with Crippen LogP contribution in [0.2, 0.25) is 0 Å². The Kier molecular flexibility index (Phi) is 6.24. The van der Waals surface area contributed by atoms with Crippen molar-refractivity contribution in [3.63, 3.8) is 0 Å². The van der Waals surface area contributed by atoms with Crippen LogP contribution in [0, 0.1) is 17.8 Å². The van der Waals surface area contributed by atoms with E-state index < -0.39 is 22.0 Å². The molecule has 0 aliphatic rings. The molecule has 1 atom stereocenters. The van der Waals surface area contributed by atoms with Gasteiger partial charge in [-0.3, -0.25) is 4.79 Å². The summed E-state index contributed by atoms with van der Waals surface area (Å²) in [5.74, 6) is 4.36. The van der Waals surface area contributed by atoms with Crippen LogP contribution in [0.4, 0.5) is 0 Å². The highest BCUT2D eigenvalue weighted by Gasteiger charge is 2.28. The summed E-state index contributed by atoms with van der Waals surface area (Å²) in [4.78, 5) is 11.4. The third-order valence-electron chi connectivity index (χ3n) is 4.42. The lowest BCUT2D eigenvalue weighted by atomic mass is 10.1. The monoisotopic (exact) mass is 431 g/mol. The molecule has 0 aliphatic carbocycles. The second kappa shape index (κ2) is 8.51. The summed E-state index contributed by atoms with van der Waals surface area (Å²) in [5, 5.41) is 11.2. The van der Waals surface area contributed by atoms with Gasteiger partial charge in [0.25, 0.3) is 0 Å². The van der Waals surface area contributed by atoms with Crippen LogP contribution in [0.15, 0.2) is 41.3 Å². The first kappa shape index (κ1) is 21.3. The van der Waals surface area contributed by atoms with Crippen LogP contribution in [0.5, 0.6) is 0 Å². The number of methoxy groups -OCH3 is 1. The highest BCUT2D eigenvalue weighted by molar-refractivity contribution is 7.89. The van der Waals surface area contributed by atoms with E-state index in [1.807, 2.05) is 18.2 Å². The fourth-order valence-electron chi connectivity index (χ4n) is 2.92. The van der Waals surface area contributed by atoms with Gasteiger partial charge in [-0.1, -0.05) is 37.8 Å². The minimum Gasteiger partial charge on any atom is -0.480 e. The second-order valence-corrected chi connectivity index (χ2v) is 9.68. The van der Waals surface area contributed by atoms with Crippen LogP contribution in [0.1, 0.15) is 19.4 Å². The van der Waals surface area contributed by atoms with E-state index in [9.17, 15) is 18.3 Å². The number of nitrogens with one attached hydrogen (secondary N) is 1. The topological polar surface area (TPSA) is 92.7 Å². The zero-order valence-electron chi connectivity index (χ0n) is 16.2. The van der Waals surface area contributed by atoms with Crippen LogP contribution in [0.25, 0.3) is 20.2 Å². The smallest absolute Gasteiger partial charge is 0.322 e. The molecule has 152 valence electrons. The Morgan fingerprint density at radius 3 is 2.45 bits per heavy atom. The summed E-state index contributed by atoms with van der Waals surface area (Å²) in [6.07, 6.45) is 0. The quantitative estimate of drug-likeness (QED) is 0.583.